The molecule has 4 aromatic rings. The minimum atomic E-state index is 0.0706. The smallest absolute Gasteiger partial charge is 0.142 e. The number of anilines is 1. The van der Waals surface area contributed by atoms with Crippen LogP contribution in [0.5, 0.6) is 17.2 Å². The van der Waals surface area contributed by atoms with E-state index in [1.165, 1.54) is 0 Å². The minimum Gasteiger partial charge on any atom is -0.494 e. The summed E-state index contributed by atoms with van der Waals surface area (Å²) in [7, 11) is 0. The maximum atomic E-state index is 10.8. The Morgan fingerprint density at radius 2 is 1.55 bits per heavy atom. The van der Waals surface area contributed by atoms with Gasteiger partial charge in [-0.05, 0) is 66.0 Å². The number of nitroso groups, excluding NO2 is 1. The number of aliphatic hydroxyl groups is 2. The van der Waals surface area contributed by atoms with Gasteiger partial charge >= 0.3 is 0 Å². The number of unbranched alkanes of at least 4 members (excludes halogenated alkanes) is 1. The molecular weight excluding hydrogens is 643 g/mol. The highest BCUT2D eigenvalue weighted by atomic mass is 35.5. The fraction of sp³-hybridized carbons (Fsp3) is 0.314. The minimum absolute atomic E-state index is 0.0706. The lowest BCUT2D eigenvalue weighted by molar-refractivity contribution is 0.157. The lowest BCUT2D eigenvalue weighted by atomic mass is 10.0. The second kappa shape index (κ2) is 18.4. The quantitative estimate of drug-likeness (QED) is 0.0480. The van der Waals surface area contributed by atoms with Crippen molar-refractivity contribution >= 4 is 34.6 Å². The predicted molar refractivity (Wildman–Crippen MR) is 187 cm³/mol. The molecule has 0 atom stereocenters. The van der Waals surface area contributed by atoms with Gasteiger partial charge in [0.1, 0.15) is 36.1 Å². The monoisotopic (exact) mass is 682 g/mol. The highest BCUT2D eigenvalue weighted by molar-refractivity contribution is 6.34. The fourth-order valence-corrected chi connectivity index (χ4v) is 5.52. The zero-order valence-electron chi connectivity index (χ0n) is 26.0. The summed E-state index contributed by atoms with van der Waals surface area (Å²) in [5, 5.41) is 22.2. The maximum Gasteiger partial charge on any atom is 0.142 e. The molecule has 47 heavy (non-hydrogen) atoms. The lowest BCUT2D eigenvalue weighted by Gasteiger charge is -2.19. The molecule has 0 aliphatic carbocycles. The third-order valence-corrected chi connectivity index (χ3v) is 8.24. The Morgan fingerprint density at radius 1 is 0.787 bits per heavy atom. The van der Waals surface area contributed by atoms with E-state index in [1.54, 1.807) is 30.3 Å². The Kier molecular flexibility index (Phi) is 14.1. The second-order valence-electron chi connectivity index (χ2n) is 10.8. The zero-order chi connectivity index (χ0) is 33.6. The number of benzene rings is 4. The van der Waals surface area contributed by atoms with Gasteiger partial charge in [-0.15, -0.1) is 4.91 Å². The molecule has 0 aliphatic heterocycles. The average molecular weight is 684 g/mol. The molecule has 0 bridgehead atoms. The summed E-state index contributed by atoms with van der Waals surface area (Å²) in [4.78, 5) is 12.9. The van der Waals surface area contributed by atoms with Crippen LogP contribution in [-0.2, 0) is 19.8 Å². The SMILES string of the molecule is NCc1cc(Cl)c(OCc2cccc(-c3cccc(OCCCCN(CCO)CCO)c3)c2Cl)cc1OCc1ccc(N=O)c(N)c1. The molecule has 0 amide bonds. The third kappa shape index (κ3) is 10.3. The van der Waals surface area contributed by atoms with Gasteiger partial charge in [-0.1, -0.05) is 59.6 Å². The molecule has 4 aromatic carbocycles. The van der Waals surface area contributed by atoms with Crippen molar-refractivity contribution in [2.24, 2.45) is 10.9 Å². The molecule has 0 radical (unpaired) electrons. The first-order valence-corrected chi connectivity index (χ1v) is 16.1. The van der Waals surface area contributed by atoms with Gasteiger partial charge in [0, 0.05) is 42.4 Å². The van der Waals surface area contributed by atoms with Crippen LogP contribution in [0.3, 0.4) is 0 Å². The van der Waals surface area contributed by atoms with Crippen LogP contribution in [0.15, 0.2) is 78.0 Å². The van der Waals surface area contributed by atoms with E-state index in [1.807, 2.05) is 47.4 Å². The summed E-state index contributed by atoms with van der Waals surface area (Å²) in [5.41, 5.74) is 16.2. The number of nitrogens with two attached hydrogens (primary N) is 2. The van der Waals surface area contributed by atoms with Crippen molar-refractivity contribution in [1.29, 1.82) is 0 Å². The van der Waals surface area contributed by atoms with Gasteiger partial charge in [0.25, 0.3) is 0 Å². The van der Waals surface area contributed by atoms with Crippen LogP contribution in [0.2, 0.25) is 10.0 Å². The van der Waals surface area contributed by atoms with Crippen LogP contribution >= 0.6 is 23.2 Å². The largest absolute Gasteiger partial charge is 0.494 e. The fourth-order valence-electron chi connectivity index (χ4n) is 4.99. The first-order chi connectivity index (χ1) is 22.9. The topological polar surface area (TPSA) is 153 Å². The van der Waals surface area contributed by atoms with Gasteiger partial charge in [0.2, 0.25) is 0 Å². The normalized spacial score (nSPS) is 11.1. The van der Waals surface area contributed by atoms with E-state index < -0.39 is 0 Å². The molecule has 250 valence electrons. The van der Waals surface area contributed by atoms with Crippen molar-refractivity contribution in [1.82, 2.24) is 4.90 Å². The Hall–Kier alpha value is -3.90. The van der Waals surface area contributed by atoms with Crippen LogP contribution in [0.1, 0.15) is 29.5 Å². The summed E-state index contributed by atoms with van der Waals surface area (Å²) in [6.07, 6.45) is 1.73. The van der Waals surface area contributed by atoms with Crippen molar-refractivity contribution in [3.63, 3.8) is 0 Å². The van der Waals surface area contributed by atoms with E-state index in [-0.39, 0.29) is 44.3 Å². The standard InChI is InChI=1S/C35H40Cl2N4O6/c36-30-19-27(21-38)33(46-22-24-9-10-32(40-44)31(39)17-24)20-34(30)47-23-26-6-4-8-29(35(26)37)25-5-3-7-28(18-25)45-16-2-1-11-41(12-14-42)13-15-43/h3-10,17-20,42-43H,1-2,11-16,21-23,38-39H2. The molecule has 12 heteroatoms. The molecule has 0 heterocycles. The number of rotatable bonds is 19. The van der Waals surface area contributed by atoms with Crippen molar-refractivity contribution in [3.8, 4) is 28.4 Å². The van der Waals surface area contributed by atoms with E-state index in [0.717, 1.165) is 47.4 Å². The number of hydrogen-bond donors (Lipinski definition) is 4. The van der Waals surface area contributed by atoms with E-state index in [0.29, 0.717) is 46.8 Å². The Morgan fingerprint density at radius 3 is 2.28 bits per heavy atom. The molecule has 0 aromatic heterocycles. The van der Waals surface area contributed by atoms with E-state index >= 15 is 0 Å². The number of nitrogens with zero attached hydrogens (tertiary/aromatic N) is 2. The first-order valence-electron chi connectivity index (χ1n) is 15.3. The molecule has 0 saturated heterocycles. The Bertz CT molecular complexity index is 1620. The van der Waals surface area contributed by atoms with Gasteiger partial charge in [0.05, 0.1) is 35.6 Å². The van der Waals surface area contributed by atoms with Crippen LogP contribution in [-0.4, -0.2) is 54.6 Å². The summed E-state index contributed by atoms with van der Waals surface area (Å²) in [6.45, 7) is 3.12. The van der Waals surface area contributed by atoms with Crippen LogP contribution in [0, 0.1) is 4.91 Å². The van der Waals surface area contributed by atoms with Crippen LogP contribution in [0.4, 0.5) is 11.4 Å². The van der Waals surface area contributed by atoms with Gasteiger partial charge in [0.15, 0.2) is 0 Å². The molecule has 0 unspecified atom stereocenters. The van der Waals surface area contributed by atoms with Gasteiger partial charge in [-0.2, -0.15) is 0 Å². The number of aliphatic hydroxyl groups excluding tert-OH is 2. The molecular formula is C35H40Cl2N4O6. The average Bonchev–Trinajstić information content (AvgIpc) is 3.07. The number of nitrogen functional groups attached to an aromatic ring is 1. The third-order valence-electron chi connectivity index (χ3n) is 7.50. The Balaban J connectivity index is 1.39. The van der Waals surface area contributed by atoms with Gasteiger partial charge in [-0.25, -0.2) is 0 Å². The maximum absolute atomic E-state index is 10.8. The van der Waals surface area contributed by atoms with Crippen LogP contribution < -0.4 is 25.7 Å². The molecule has 0 aliphatic rings. The summed E-state index contributed by atoms with van der Waals surface area (Å²) in [5.74, 6) is 1.65. The van der Waals surface area contributed by atoms with Crippen molar-refractivity contribution in [3.05, 3.63) is 104 Å². The Labute approximate surface area is 284 Å². The predicted octanol–water partition coefficient (Wildman–Crippen LogP) is 6.70. The molecule has 4 rings (SSSR count). The molecule has 0 fully saturated rings. The summed E-state index contributed by atoms with van der Waals surface area (Å²) >= 11 is 13.4. The van der Waals surface area contributed by atoms with Crippen LogP contribution in [0.25, 0.3) is 11.1 Å². The highest BCUT2D eigenvalue weighted by Gasteiger charge is 2.14. The van der Waals surface area contributed by atoms with E-state index in [9.17, 15) is 15.1 Å². The van der Waals surface area contributed by atoms with Gasteiger partial charge < -0.3 is 35.9 Å². The van der Waals surface area contributed by atoms with Crippen molar-refractivity contribution in [2.45, 2.75) is 32.6 Å². The second-order valence-corrected chi connectivity index (χ2v) is 11.6. The summed E-state index contributed by atoms with van der Waals surface area (Å²) < 4.78 is 18.2. The molecule has 6 N–H and O–H groups in total. The highest BCUT2D eigenvalue weighted by Crippen LogP contribution is 2.36. The first kappa shape index (κ1) is 35.9. The van der Waals surface area contributed by atoms with Crippen molar-refractivity contribution < 1.29 is 24.4 Å². The molecule has 0 spiro atoms. The molecule has 10 nitrogen and oxygen atoms in total. The molecule has 0 saturated carbocycles. The number of halogens is 2. The van der Waals surface area contributed by atoms with E-state index in [4.69, 9.17) is 48.9 Å². The van der Waals surface area contributed by atoms with Gasteiger partial charge in [-0.3, -0.25) is 4.90 Å². The van der Waals surface area contributed by atoms with Crippen molar-refractivity contribution in [2.75, 3.05) is 45.2 Å². The zero-order valence-corrected chi connectivity index (χ0v) is 27.6. The number of ether oxygens (including phenoxy) is 3. The number of hydrogen-bond acceptors (Lipinski definition) is 10. The summed E-state index contributed by atoms with van der Waals surface area (Å²) in [6, 6.07) is 21.8. The van der Waals surface area contributed by atoms with E-state index in [2.05, 4.69) is 5.18 Å². The lowest BCUT2D eigenvalue weighted by Crippen LogP contribution is -2.31.